The Morgan fingerprint density at radius 1 is 1.47 bits per heavy atom. The standard InChI is InChI=1S/C14H20N4O/c1-3-7-16-14(19)6-8-18-10(2)17-12-9-11(15)4-5-13(12)18/h4-5,9H,3,6-8,15H2,1-2H3,(H,16,19). The number of aromatic nitrogens is 2. The molecule has 0 fully saturated rings. The Morgan fingerprint density at radius 3 is 3.00 bits per heavy atom. The van der Waals surface area contributed by atoms with Crippen molar-refractivity contribution in [3.63, 3.8) is 0 Å². The van der Waals surface area contributed by atoms with Crippen molar-refractivity contribution < 1.29 is 4.79 Å². The van der Waals surface area contributed by atoms with Crippen LogP contribution in [0.3, 0.4) is 0 Å². The molecular formula is C14H20N4O. The van der Waals surface area contributed by atoms with E-state index < -0.39 is 0 Å². The highest BCUT2D eigenvalue weighted by Gasteiger charge is 2.09. The van der Waals surface area contributed by atoms with Crippen molar-refractivity contribution in [1.82, 2.24) is 14.9 Å². The summed E-state index contributed by atoms with van der Waals surface area (Å²) in [5.41, 5.74) is 8.36. The van der Waals surface area contributed by atoms with E-state index >= 15 is 0 Å². The van der Waals surface area contributed by atoms with E-state index in [1.54, 1.807) is 0 Å². The van der Waals surface area contributed by atoms with Crippen LogP contribution in [0.5, 0.6) is 0 Å². The lowest BCUT2D eigenvalue weighted by Gasteiger charge is -2.07. The molecule has 0 saturated heterocycles. The zero-order chi connectivity index (χ0) is 13.8. The van der Waals surface area contributed by atoms with Crippen LogP contribution in [0.1, 0.15) is 25.6 Å². The highest BCUT2D eigenvalue weighted by Crippen LogP contribution is 2.19. The van der Waals surface area contributed by atoms with Crippen LogP contribution in [0.25, 0.3) is 11.0 Å². The molecule has 2 rings (SSSR count). The van der Waals surface area contributed by atoms with Gasteiger partial charge < -0.3 is 15.6 Å². The predicted molar refractivity (Wildman–Crippen MR) is 76.8 cm³/mol. The molecule has 0 aliphatic carbocycles. The molecule has 0 bridgehead atoms. The van der Waals surface area contributed by atoms with Gasteiger partial charge in [-0.1, -0.05) is 6.92 Å². The van der Waals surface area contributed by atoms with Gasteiger partial charge in [0.05, 0.1) is 11.0 Å². The largest absolute Gasteiger partial charge is 0.399 e. The third kappa shape index (κ3) is 3.05. The van der Waals surface area contributed by atoms with Gasteiger partial charge in [0.2, 0.25) is 5.91 Å². The van der Waals surface area contributed by atoms with Crippen molar-refractivity contribution >= 4 is 22.6 Å². The van der Waals surface area contributed by atoms with Gasteiger partial charge in [-0.05, 0) is 31.5 Å². The number of hydrogen-bond acceptors (Lipinski definition) is 3. The number of benzene rings is 1. The predicted octanol–water partition coefficient (Wildman–Crippen LogP) is 1.84. The van der Waals surface area contributed by atoms with Crippen molar-refractivity contribution in [3.05, 3.63) is 24.0 Å². The monoisotopic (exact) mass is 260 g/mol. The smallest absolute Gasteiger partial charge is 0.221 e. The quantitative estimate of drug-likeness (QED) is 0.806. The number of nitrogens with two attached hydrogens (primary N) is 1. The number of aryl methyl sites for hydroxylation is 2. The van der Waals surface area contributed by atoms with E-state index in [2.05, 4.69) is 14.9 Å². The molecule has 2 aromatic rings. The molecular weight excluding hydrogens is 240 g/mol. The van der Waals surface area contributed by atoms with Crippen LogP contribution in [-0.2, 0) is 11.3 Å². The molecule has 5 nitrogen and oxygen atoms in total. The Bertz CT molecular complexity index is 588. The first-order valence-electron chi connectivity index (χ1n) is 6.61. The molecule has 102 valence electrons. The zero-order valence-corrected chi connectivity index (χ0v) is 11.4. The van der Waals surface area contributed by atoms with Gasteiger partial charge in [0.25, 0.3) is 0 Å². The van der Waals surface area contributed by atoms with E-state index in [0.29, 0.717) is 18.7 Å². The fourth-order valence-corrected chi connectivity index (χ4v) is 2.12. The van der Waals surface area contributed by atoms with E-state index in [0.717, 1.165) is 29.8 Å². The van der Waals surface area contributed by atoms with Gasteiger partial charge in [0.1, 0.15) is 5.82 Å². The molecule has 1 amide bonds. The van der Waals surface area contributed by atoms with E-state index in [9.17, 15) is 4.79 Å². The lowest BCUT2D eigenvalue weighted by Crippen LogP contribution is -2.25. The first-order chi connectivity index (χ1) is 9.11. The first-order valence-corrected chi connectivity index (χ1v) is 6.61. The van der Waals surface area contributed by atoms with E-state index in [-0.39, 0.29) is 5.91 Å². The molecule has 0 aliphatic heterocycles. The normalized spacial score (nSPS) is 10.8. The minimum Gasteiger partial charge on any atom is -0.399 e. The molecule has 1 heterocycles. The number of hydrogen-bond donors (Lipinski definition) is 2. The van der Waals surface area contributed by atoms with Gasteiger partial charge in [-0.2, -0.15) is 0 Å². The molecule has 0 saturated carbocycles. The Balaban J connectivity index is 2.12. The summed E-state index contributed by atoms with van der Waals surface area (Å²) >= 11 is 0. The van der Waals surface area contributed by atoms with Crippen molar-refractivity contribution in [3.8, 4) is 0 Å². The fourth-order valence-electron chi connectivity index (χ4n) is 2.12. The topological polar surface area (TPSA) is 72.9 Å². The van der Waals surface area contributed by atoms with Crippen LogP contribution < -0.4 is 11.1 Å². The number of fused-ring (bicyclic) bond motifs is 1. The van der Waals surface area contributed by atoms with E-state index in [4.69, 9.17) is 5.73 Å². The number of anilines is 1. The molecule has 0 atom stereocenters. The summed E-state index contributed by atoms with van der Waals surface area (Å²) in [6.07, 6.45) is 1.43. The Hall–Kier alpha value is -2.04. The van der Waals surface area contributed by atoms with Crippen LogP contribution in [0.4, 0.5) is 5.69 Å². The average molecular weight is 260 g/mol. The van der Waals surface area contributed by atoms with E-state index in [1.165, 1.54) is 0 Å². The number of rotatable bonds is 5. The summed E-state index contributed by atoms with van der Waals surface area (Å²) in [6, 6.07) is 5.67. The van der Waals surface area contributed by atoms with Crippen LogP contribution in [0.15, 0.2) is 18.2 Å². The minimum atomic E-state index is 0.0820. The van der Waals surface area contributed by atoms with Crippen molar-refractivity contribution in [2.75, 3.05) is 12.3 Å². The number of nitrogens with one attached hydrogen (secondary N) is 1. The molecule has 0 aliphatic rings. The Labute approximate surface area is 112 Å². The summed E-state index contributed by atoms with van der Waals surface area (Å²) in [5, 5.41) is 2.88. The molecule has 5 heteroatoms. The van der Waals surface area contributed by atoms with E-state index in [1.807, 2.05) is 32.0 Å². The van der Waals surface area contributed by atoms with Gasteiger partial charge in [0.15, 0.2) is 0 Å². The van der Waals surface area contributed by atoms with Crippen molar-refractivity contribution in [2.45, 2.75) is 33.2 Å². The van der Waals surface area contributed by atoms with Crippen LogP contribution in [0.2, 0.25) is 0 Å². The molecule has 19 heavy (non-hydrogen) atoms. The van der Waals surface area contributed by atoms with Gasteiger partial charge in [-0.25, -0.2) is 4.98 Å². The van der Waals surface area contributed by atoms with Crippen molar-refractivity contribution in [1.29, 1.82) is 0 Å². The van der Waals surface area contributed by atoms with Gasteiger partial charge >= 0.3 is 0 Å². The zero-order valence-electron chi connectivity index (χ0n) is 11.4. The van der Waals surface area contributed by atoms with Gasteiger partial charge in [-0.3, -0.25) is 4.79 Å². The molecule has 1 aromatic heterocycles. The second-order valence-electron chi connectivity index (χ2n) is 4.66. The third-order valence-corrected chi connectivity index (χ3v) is 3.10. The average Bonchev–Trinajstić information content (AvgIpc) is 2.68. The third-order valence-electron chi connectivity index (χ3n) is 3.10. The molecule has 0 unspecified atom stereocenters. The summed E-state index contributed by atoms with van der Waals surface area (Å²) in [6.45, 7) is 5.36. The number of nitrogen functional groups attached to an aromatic ring is 1. The highest BCUT2D eigenvalue weighted by molar-refractivity contribution is 5.80. The maximum atomic E-state index is 11.6. The second kappa shape index (κ2) is 5.73. The Kier molecular flexibility index (Phi) is 4.04. The van der Waals surface area contributed by atoms with Crippen molar-refractivity contribution in [2.24, 2.45) is 0 Å². The maximum Gasteiger partial charge on any atom is 0.221 e. The lowest BCUT2D eigenvalue weighted by atomic mass is 10.2. The molecule has 0 spiro atoms. The number of amides is 1. The molecule has 1 aromatic carbocycles. The SMILES string of the molecule is CCCNC(=O)CCn1c(C)nc2cc(N)ccc21. The van der Waals surface area contributed by atoms with Crippen LogP contribution in [0, 0.1) is 6.92 Å². The molecule has 0 radical (unpaired) electrons. The molecule has 3 N–H and O–H groups in total. The Morgan fingerprint density at radius 2 is 2.26 bits per heavy atom. The summed E-state index contributed by atoms with van der Waals surface area (Å²) < 4.78 is 2.06. The van der Waals surface area contributed by atoms with Gasteiger partial charge in [0, 0.05) is 25.2 Å². The summed E-state index contributed by atoms with van der Waals surface area (Å²) in [5.74, 6) is 0.988. The van der Waals surface area contributed by atoms with Crippen LogP contribution in [-0.4, -0.2) is 22.0 Å². The first kappa shape index (κ1) is 13.4. The fraction of sp³-hybridized carbons (Fsp3) is 0.429. The number of nitrogens with zero attached hydrogens (tertiary/aromatic N) is 2. The minimum absolute atomic E-state index is 0.0820. The summed E-state index contributed by atoms with van der Waals surface area (Å²) in [4.78, 5) is 16.1. The highest BCUT2D eigenvalue weighted by atomic mass is 16.1. The van der Waals surface area contributed by atoms with Crippen LogP contribution >= 0.6 is 0 Å². The number of carbonyl (C=O) groups excluding carboxylic acids is 1. The lowest BCUT2D eigenvalue weighted by molar-refractivity contribution is -0.121. The summed E-state index contributed by atoms with van der Waals surface area (Å²) in [7, 11) is 0. The number of carbonyl (C=O) groups is 1. The maximum absolute atomic E-state index is 11.6. The van der Waals surface area contributed by atoms with Gasteiger partial charge in [-0.15, -0.1) is 0 Å². The second-order valence-corrected chi connectivity index (χ2v) is 4.66. The number of imidazole rings is 1.